The molecule has 12 heteroatoms. The summed E-state index contributed by atoms with van der Waals surface area (Å²) in [5.74, 6) is -1.26. The Morgan fingerprint density at radius 2 is 1.41 bits per heavy atom. The highest BCUT2D eigenvalue weighted by Gasteiger charge is 2.42. The quantitative estimate of drug-likeness (QED) is 0.0160. The Morgan fingerprint density at radius 3 is 2.06 bits per heavy atom. The Morgan fingerprint density at radius 1 is 0.796 bits per heavy atom. The van der Waals surface area contributed by atoms with Crippen molar-refractivity contribution >= 4 is 25.5 Å². The number of carbonyl (C=O) groups is 3. The first-order valence-electron chi connectivity index (χ1n) is 21.3. The molecule has 2 rings (SSSR count). The number of ketones is 1. The topological polar surface area (TPSA) is 158 Å². The molecule has 1 aliphatic carbocycles. The summed E-state index contributed by atoms with van der Waals surface area (Å²) in [6.07, 6.45) is 26.6. The fraction of sp³-hybridized carbons (Fsp3) is 0.833. The van der Waals surface area contributed by atoms with Crippen LogP contribution in [0.3, 0.4) is 0 Å². The van der Waals surface area contributed by atoms with Crippen LogP contribution in [0.25, 0.3) is 0 Å². The number of phosphoric acid groups is 1. The summed E-state index contributed by atoms with van der Waals surface area (Å²) < 4.78 is 38.8. The van der Waals surface area contributed by atoms with E-state index in [-0.39, 0.29) is 56.4 Å². The summed E-state index contributed by atoms with van der Waals surface area (Å²) in [7, 11) is -4.37. The van der Waals surface area contributed by atoms with Crippen molar-refractivity contribution in [1.82, 2.24) is 0 Å². The number of ether oxygens (including phenoxy) is 3. The molecule has 0 bridgehead atoms. The number of carbonyl (C=O) groups excluding carboxylic acids is 3. The van der Waals surface area contributed by atoms with Gasteiger partial charge in [-0.1, -0.05) is 123 Å². The van der Waals surface area contributed by atoms with Crippen LogP contribution >= 0.6 is 7.82 Å². The molecule has 1 aliphatic heterocycles. The second-order valence-electron chi connectivity index (χ2n) is 15.0. The van der Waals surface area contributed by atoms with E-state index < -0.39 is 38.6 Å². The van der Waals surface area contributed by atoms with Gasteiger partial charge >= 0.3 is 19.8 Å². The molecule has 6 unspecified atom stereocenters. The zero-order chi connectivity index (χ0) is 39.4. The van der Waals surface area contributed by atoms with E-state index in [0.717, 1.165) is 38.5 Å². The molecule has 1 saturated heterocycles. The monoisotopic (exact) mass is 784 g/mol. The SMILES string of the molecule is CCCCC/C=C\CC1/C(=C\C2OC2CCCC(=O)OC(COC(=O)CCCCCCCCCCCCCCC)COP(=O)(O)OCCC)C(=O)CC1O. The molecule has 11 nitrogen and oxygen atoms in total. The molecule has 0 radical (unpaired) electrons. The van der Waals surface area contributed by atoms with Crippen LogP contribution in [-0.4, -0.2) is 72.0 Å². The van der Waals surface area contributed by atoms with E-state index in [0.29, 0.717) is 37.7 Å². The van der Waals surface area contributed by atoms with E-state index in [9.17, 15) is 28.9 Å². The minimum absolute atomic E-state index is 0.0266. The maximum absolute atomic E-state index is 12.8. The van der Waals surface area contributed by atoms with Gasteiger partial charge in [-0.25, -0.2) is 4.57 Å². The van der Waals surface area contributed by atoms with Gasteiger partial charge in [-0.05, 0) is 56.6 Å². The molecule has 312 valence electrons. The van der Waals surface area contributed by atoms with Crippen molar-refractivity contribution in [1.29, 1.82) is 0 Å². The third-order valence-corrected chi connectivity index (χ3v) is 11.0. The molecule has 1 saturated carbocycles. The molecule has 2 aliphatic rings. The Bertz CT molecular complexity index is 1160. The molecule has 0 aromatic heterocycles. The normalized spacial score (nSPS) is 22.2. The highest BCUT2D eigenvalue weighted by molar-refractivity contribution is 7.47. The van der Waals surface area contributed by atoms with Crippen molar-refractivity contribution in [2.75, 3.05) is 19.8 Å². The third-order valence-electron chi connectivity index (χ3n) is 10.0. The summed E-state index contributed by atoms with van der Waals surface area (Å²) >= 11 is 0. The average Bonchev–Trinajstić information content (AvgIpc) is 3.83. The second-order valence-corrected chi connectivity index (χ2v) is 16.5. The van der Waals surface area contributed by atoms with Gasteiger partial charge in [0.1, 0.15) is 12.7 Å². The van der Waals surface area contributed by atoms with E-state index in [1.165, 1.54) is 64.2 Å². The number of aliphatic hydroxyl groups excluding tert-OH is 1. The first-order valence-corrected chi connectivity index (χ1v) is 22.8. The lowest BCUT2D eigenvalue weighted by Gasteiger charge is -2.19. The lowest BCUT2D eigenvalue weighted by molar-refractivity contribution is -0.161. The molecule has 0 aromatic carbocycles. The standard InChI is InChI=1S/C42H73O11P/c1-4-7-9-11-13-14-15-16-17-18-19-21-23-27-41(45)49-32-34(33-51-54(47,48)50-29-6-3)52-42(46)28-24-26-39-40(53-39)30-36-35(37(43)31-38(36)44)25-22-20-12-10-8-5-2/h20,22,30,34-35,37,39-40,43H,4-19,21,23-29,31-33H2,1-3H3,(H,47,48)/b22-20-,36-30+. The smallest absolute Gasteiger partial charge is 0.462 e. The summed E-state index contributed by atoms with van der Waals surface area (Å²) in [5, 5.41) is 10.5. The van der Waals surface area contributed by atoms with Crippen molar-refractivity contribution < 1.29 is 52.2 Å². The second kappa shape index (κ2) is 29.4. The van der Waals surface area contributed by atoms with Crippen LogP contribution in [0.1, 0.15) is 175 Å². The predicted molar refractivity (Wildman–Crippen MR) is 211 cm³/mol. The van der Waals surface area contributed by atoms with Gasteiger partial charge in [0.15, 0.2) is 11.9 Å². The summed E-state index contributed by atoms with van der Waals surface area (Å²) in [4.78, 5) is 47.8. The number of esters is 2. The van der Waals surface area contributed by atoms with Crippen molar-refractivity contribution in [2.24, 2.45) is 5.92 Å². The third kappa shape index (κ3) is 22.6. The van der Waals surface area contributed by atoms with E-state index in [1.807, 2.05) is 6.08 Å². The fourth-order valence-corrected chi connectivity index (χ4v) is 7.57. The fourth-order valence-electron chi connectivity index (χ4n) is 6.72. The van der Waals surface area contributed by atoms with Crippen molar-refractivity contribution in [3.63, 3.8) is 0 Å². The number of allylic oxidation sites excluding steroid dienone is 2. The molecule has 0 spiro atoms. The van der Waals surface area contributed by atoms with Crippen LogP contribution < -0.4 is 0 Å². The first-order chi connectivity index (χ1) is 26.1. The number of epoxide rings is 1. The highest BCUT2D eigenvalue weighted by atomic mass is 31.2. The molecule has 6 atom stereocenters. The molecule has 0 amide bonds. The predicted octanol–water partition coefficient (Wildman–Crippen LogP) is 9.81. The summed E-state index contributed by atoms with van der Waals surface area (Å²) in [6, 6.07) is 0. The van der Waals surface area contributed by atoms with Gasteiger partial charge in [0, 0.05) is 25.2 Å². The van der Waals surface area contributed by atoms with Gasteiger partial charge in [-0.3, -0.25) is 23.4 Å². The van der Waals surface area contributed by atoms with Crippen LogP contribution in [0.15, 0.2) is 23.8 Å². The van der Waals surface area contributed by atoms with Gasteiger partial charge in [-0.15, -0.1) is 0 Å². The molecule has 2 N–H and O–H groups in total. The number of Topliss-reactive ketones (excluding diaryl/α,β-unsaturated/α-hetero) is 1. The highest BCUT2D eigenvalue weighted by Crippen LogP contribution is 2.43. The molecular formula is C42H73O11P. The number of phosphoric ester groups is 1. The van der Waals surface area contributed by atoms with Crippen molar-refractivity contribution in [2.45, 2.75) is 199 Å². The Labute approximate surface area is 326 Å². The molecule has 2 fully saturated rings. The van der Waals surface area contributed by atoms with Crippen LogP contribution in [0.2, 0.25) is 0 Å². The lowest BCUT2D eigenvalue weighted by Crippen LogP contribution is -2.29. The van der Waals surface area contributed by atoms with E-state index in [2.05, 4.69) is 26.0 Å². The van der Waals surface area contributed by atoms with Crippen molar-refractivity contribution in [3.05, 3.63) is 23.8 Å². The Kier molecular flexibility index (Phi) is 26.3. The largest absolute Gasteiger partial charge is 0.472 e. The van der Waals surface area contributed by atoms with E-state index >= 15 is 0 Å². The molecule has 54 heavy (non-hydrogen) atoms. The minimum Gasteiger partial charge on any atom is -0.462 e. The maximum atomic E-state index is 12.8. The average molecular weight is 785 g/mol. The van der Waals surface area contributed by atoms with Crippen LogP contribution in [-0.2, 0) is 42.2 Å². The number of aliphatic hydroxyl groups is 1. The number of hydrogen-bond donors (Lipinski definition) is 2. The minimum atomic E-state index is -4.37. The van der Waals surface area contributed by atoms with Gasteiger partial charge < -0.3 is 24.2 Å². The molecular weight excluding hydrogens is 711 g/mol. The number of rotatable bonds is 34. The molecule has 0 aromatic rings. The van der Waals surface area contributed by atoms with Gasteiger partial charge in [0.05, 0.1) is 25.4 Å². The van der Waals surface area contributed by atoms with Gasteiger partial charge in [0.25, 0.3) is 0 Å². The van der Waals surface area contributed by atoms with Gasteiger partial charge in [-0.2, -0.15) is 0 Å². The van der Waals surface area contributed by atoms with Crippen molar-refractivity contribution in [3.8, 4) is 0 Å². The zero-order valence-corrected chi connectivity index (χ0v) is 34.6. The van der Waals surface area contributed by atoms with Crippen LogP contribution in [0, 0.1) is 5.92 Å². The summed E-state index contributed by atoms with van der Waals surface area (Å²) in [6.45, 7) is 5.46. The number of hydrogen-bond acceptors (Lipinski definition) is 10. The van der Waals surface area contributed by atoms with Gasteiger partial charge in [0.2, 0.25) is 0 Å². The maximum Gasteiger partial charge on any atom is 0.472 e. The van der Waals surface area contributed by atoms with Crippen LogP contribution in [0.4, 0.5) is 0 Å². The zero-order valence-electron chi connectivity index (χ0n) is 33.7. The van der Waals surface area contributed by atoms with E-state index in [4.69, 9.17) is 23.3 Å². The molecule has 1 heterocycles. The summed E-state index contributed by atoms with van der Waals surface area (Å²) in [5.41, 5.74) is 0.628. The Balaban J connectivity index is 1.71. The Hall–Kier alpha value is -1.88. The number of unbranched alkanes of at least 4 members (excludes halogenated alkanes) is 15. The van der Waals surface area contributed by atoms with E-state index in [1.54, 1.807) is 6.92 Å². The van der Waals surface area contributed by atoms with Crippen LogP contribution in [0.5, 0.6) is 0 Å². The lowest BCUT2D eigenvalue weighted by atomic mass is 9.95. The first kappa shape index (κ1) is 48.3.